The molecule has 0 aromatic heterocycles. The fraction of sp³-hybridized carbons (Fsp3) is 0.417. The number of ketones is 1. The maximum atomic E-state index is 12.9. The Morgan fingerprint density at radius 1 is 1.29 bits per heavy atom. The van der Waals surface area contributed by atoms with Gasteiger partial charge in [0.1, 0.15) is 5.82 Å². The van der Waals surface area contributed by atoms with Crippen LogP contribution in [-0.4, -0.2) is 12.0 Å². The summed E-state index contributed by atoms with van der Waals surface area (Å²) >= 11 is 0. The zero-order chi connectivity index (χ0) is 13.1. The Labute approximate surface area is 96.4 Å². The second-order valence-electron chi connectivity index (χ2n) is 3.86. The summed E-state index contributed by atoms with van der Waals surface area (Å²) < 4.78 is 48.5. The summed E-state index contributed by atoms with van der Waals surface area (Å²) in [6, 6.07) is 3.79. The van der Waals surface area contributed by atoms with Gasteiger partial charge in [-0.2, -0.15) is 13.2 Å². The van der Waals surface area contributed by atoms with E-state index in [2.05, 4.69) is 0 Å². The minimum absolute atomic E-state index is 0.176. The average molecular weight is 248 g/mol. The molecule has 17 heavy (non-hydrogen) atoms. The molecule has 0 N–H and O–H groups in total. The molecule has 1 aromatic rings. The molecule has 0 aliphatic carbocycles. The lowest BCUT2D eigenvalue weighted by atomic mass is 10.0. The molecule has 0 saturated heterocycles. The molecule has 0 atom stereocenters. The highest BCUT2D eigenvalue weighted by Crippen LogP contribution is 2.23. The Hall–Kier alpha value is -1.39. The van der Waals surface area contributed by atoms with E-state index in [0.717, 1.165) is 6.07 Å². The topological polar surface area (TPSA) is 17.1 Å². The van der Waals surface area contributed by atoms with Crippen molar-refractivity contribution in [1.29, 1.82) is 0 Å². The number of carbonyl (C=O) groups excluding carboxylic acids is 1. The molecule has 0 heterocycles. The number of rotatable bonds is 4. The summed E-state index contributed by atoms with van der Waals surface area (Å²) in [5.74, 6) is -0.825. The Morgan fingerprint density at radius 2 is 1.94 bits per heavy atom. The van der Waals surface area contributed by atoms with E-state index in [9.17, 15) is 22.4 Å². The number of carbonyl (C=O) groups is 1. The van der Waals surface area contributed by atoms with Gasteiger partial charge >= 0.3 is 6.18 Å². The lowest BCUT2D eigenvalue weighted by molar-refractivity contribution is -0.135. The van der Waals surface area contributed by atoms with Gasteiger partial charge in [-0.1, -0.05) is 0 Å². The third-order valence-electron chi connectivity index (χ3n) is 2.34. The first-order valence-electron chi connectivity index (χ1n) is 5.16. The van der Waals surface area contributed by atoms with Crippen LogP contribution < -0.4 is 0 Å². The molecule has 0 aliphatic rings. The number of aryl methyl sites for hydroxylation is 1. The zero-order valence-electron chi connectivity index (χ0n) is 9.27. The van der Waals surface area contributed by atoms with Gasteiger partial charge in [0.25, 0.3) is 0 Å². The standard InChI is InChI=1S/C12H12F4O/c1-8-7-9(4-5-10(8)13)11(17)3-2-6-12(14,15)16/h4-5,7H,2-3,6H2,1H3. The largest absolute Gasteiger partial charge is 0.389 e. The highest BCUT2D eigenvalue weighted by atomic mass is 19.4. The third-order valence-corrected chi connectivity index (χ3v) is 2.34. The van der Waals surface area contributed by atoms with Gasteiger partial charge in [0.05, 0.1) is 0 Å². The normalized spacial score (nSPS) is 11.6. The summed E-state index contributed by atoms with van der Waals surface area (Å²) in [6.07, 6.45) is -5.62. The van der Waals surface area contributed by atoms with Gasteiger partial charge in [0.15, 0.2) is 5.78 Å². The van der Waals surface area contributed by atoms with E-state index in [0.29, 0.717) is 5.56 Å². The van der Waals surface area contributed by atoms with Gasteiger partial charge in [-0.05, 0) is 37.1 Å². The summed E-state index contributed by atoms with van der Waals surface area (Å²) in [7, 11) is 0. The van der Waals surface area contributed by atoms with E-state index in [1.807, 2.05) is 0 Å². The van der Waals surface area contributed by atoms with E-state index in [1.54, 1.807) is 0 Å². The molecular weight excluding hydrogens is 236 g/mol. The minimum atomic E-state index is -4.24. The Bertz CT molecular complexity index is 409. The Balaban J connectivity index is 2.56. The van der Waals surface area contributed by atoms with Crippen LogP contribution in [0.3, 0.4) is 0 Å². The molecule has 0 radical (unpaired) electrons. The summed E-state index contributed by atoms with van der Waals surface area (Å²) in [6.45, 7) is 1.50. The maximum Gasteiger partial charge on any atom is 0.389 e. The molecule has 0 unspecified atom stereocenters. The van der Waals surface area contributed by atoms with Gasteiger partial charge in [-0.25, -0.2) is 4.39 Å². The average Bonchev–Trinajstić information content (AvgIpc) is 2.20. The number of hydrogen-bond donors (Lipinski definition) is 0. The molecule has 0 fully saturated rings. The molecule has 0 spiro atoms. The fourth-order valence-corrected chi connectivity index (χ4v) is 1.41. The molecule has 0 aliphatic heterocycles. The number of alkyl halides is 3. The zero-order valence-corrected chi connectivity index (χ0v) is 9.27. The molecule has 94 valence electrons. The van der Waals surface area contributed by atoms with Crippen LogP contribution in [0.15, 0.2) is 18.2 Å². The molecule has 5 heteroatoms. The van der Waals surface area contributed by atoms with Crippen molar-refractivity contribution in [3.05, 3.63) is 35.1 Å². The first-order valence-corrected chi connectivity index (χ1v) is 5.16. The minimum Gasteiger partial charge on any atom is -0.294 e. The van der Waals surface area contributed by atoms with Crippen LogP contribution in [0.5, 0.6) is 0 Å². The van der Waals surface area contributed by atoms with E-state index in [4.69, 9.17) is 0 Å². The summed E-state index contributed by atoms with van der Waals surface area (Å²) in [5, 5.41) is 0. The van der Waals surface area contributed by atoms with Gasteiger partial charge < -0.3 is 0 Å². The second-order valence-corrected chi connectivity index (χ2v) is 3.86. The van der Waals surface area contributed by atoms with Crippen LogP contribution in [-0.2, 0) is 0 Å². The monoisotopic (exact) mass is 248 g/mol. The van der Waals surface area contributed by atoms with Crippen molar-refractivity contribution in [3.8, 4) is 0 Å². The van der Waals surface area contributed by atoms with Crippen LogP contribution >= 0.6 is 0 Å². The number of Topliss-reactive ketones (excluding diaryl/α,β-unsaturated/α-hetero) is 1. The molecule has 1 rings (SSSR count). The SMILES string of the molecule is Cc1cc(C(=O)CCCC(F)(F)F)ccc1F. The van der Waals surface area contributed by atoms with Crippen molar-refractivity contribution in [2.75, 3.05) is 0 Å². The van der Waals surface area contributed by atoms with Gasteiger partial charge in [-0.3, -0.25) is 4.79 Å². The molecule has 1 nitrogen and oxygen atoms in total. The smallest absolute Gasteiger partial charge is 0.294 e. The summed E-state index contributed by atoms with van der Waals surface area (Å²) in [4.78, 5) is 11.5. The van der Waals surface area contributed by atoms with Crippen molar-refractivity contribution in [2.24, 2.45) is 0 Å². The molecule has 0 saturated carbocycles. The van der Waals surface area contributed by atoms with E-state index in [1.165, 1.54) is 19.1 Å². The third kappa shape index (κ3) is 4.54. The second kappa shape index (κ2) is 5.29. The molecule has 0 amide bonds. The Morgan fingerprint density at radius 3 is 2.47 bits per heavy atom. The number of benzene rings is 1. The first kappa shape index (κ1) is 13.7. The van der Waals surface area contributed by atoms with Crippen molar-refractivity contribution in [3.63, 3.8) is 0 Å². The molecular formula is C12H12F4O. The highest BCUT2D eigenvalue weighted by Gasteiger charge is 2.26. The van der Waals surface area contributed by atoms with Crippen LogP contribution in [0.2, 0.25) is 0 Å². The van der Waals surface area contributed by atoms with Crippen molar-refractivity contribution >= 4 is 5.78 Å². The van der Waals surface area contributed by atoms with Gasteiger partial charge in [0, 0.05) is 18.4 Å². The maximum absolute atomic E-state index is 12.9. The van der Waals surface area contributed by atoms with Crippen LogP contribution in [0.25, 0.3) is 0 Å². The van der Waals surface area contributed by atoms with Crippen molar-refractivity contribution in [2.45, 2.75) is 32.4 Å². The van der Waals surface area contributed by atoms with Crippen LogP contribution in [0.4, 0.5) is 17.6 Å². The predicted molar refractivity (Wildman–Crippen MR) is 55.4 cm³/mol. The quantitative estimate of drug-likeness (QED) is 0.580. The van der Waals surface area contributed by atoms with E-state index < -0.39 is 24.2 Å². The molecule has 1 aromatic carbocycles. The predicted octanol–water partition coefficient (Wildman–Crippen LogP) is 4.05. The van der Waals surface area contributed by atoms with Crippen molar-refractivity contribution < 1.29 is 22.4 Å². The van der Waals surface area contributed by atoms with Crippen LogP contribution in [0.1, 0.15) is 35.2 Å². The van der Waals surface area contributed by atoms with Crippen LogP contribution in [0, 0.1) is 12.7 Å². The Kier molecular flexibility index (Phi) is 4.26. The van der Waals surface area contributed by atoms with E-state index >= 15 is 0 Å². The highest BCUT2D eigenvalue weighted by molar-refractivity contribution is 5.96. The molecule has 0 bridgehead atoms. The number of hydrogen-bond acceptors (Lipinski definition) is 1. The summed E-state index contributed by atoms with van der Waals surface area (Å²) in [5.41, 5.74) is 0.567. The van der Waals surface area contributed by atoms with Gasteiger partial charge in [-0.15, -0.1) is 0 Å². The number of halogens is 4. The lowest BCUT2D eigenvalue weighted by Gasteiger charge is -2.06. The first-order chi connectivity index (χ1) is 7.79. The lowest BCUT2D eigenvalue weighted by Crippen LogP contribution is -2.08. The van der Waals surface area contributed by atoms with Gasteiger partial charge in [0.2, 0.25) is 0 Å². The fourth-order valence-electron chi connectivity index (χ4n) is 1.41. The van der Waals surface area contributed by atoms with E-state index in [-0.39, 0.29) is 18.4 Å². The van der Waals surface area contributed by atoms with Crippen molar-refractivity contribution in [1.82, 2.24) is 0 Å².